The smallest absolute Gasteiger partial charge is 0.272 e. The van der Waals surface area contributed by atoms with Gasteiger partial charge in [0, 0.05) is 19.5 Å². The number of para-hydroxylation sites is 2. The van der Waals surface area contributed by atoms with E-state index >= 15 is 0 Å². The maximum absolute atomic E-state index is 12.3. The lowest BCUT2D eigenvalue weighted by Gasteiger charge is -2.11. The molecule has 22 heavy (non-hydrogen) atoms. The summed E-state index contributed by atoms with van der Waals surface area (Å²) >= 11 is 0. The highest BCUT2D eigenvalue weighted by molar-refractivity contribution is 5.77. The van der Waals surface area contributed by atoms with Crippen molar-refractivity contribution >= 4 is 16.9 Å². The predicted molar refractivity (Wildman–Crippen MR) is 87.8 cm³/mol. The molecule has 0 atom stereocenters. The van der Waals surface area contributed by atoms with E-state index in [2.05, 4.69) is 24.1 Å². The molecule has 0 radical (unpaired) electrons. The summed E-state index contributed by atoms with van der Waals surface area (Å²) in [5.74, 6) is 0.542. The molecule has 2 aromatic rings. The molecule has 0 aliphatic rings. The largest absolute Gasteiger partial charge is 0.356 e. The van der Waals surface area contributed by atoms with Gasteiger partial charge in [-0.05, 0) is 31.4 Å². The van der Waals surface area contributed by atoms with Crippen molar-refractivity contribution in [2.24, 2.45) is 5.92 Å². The maximum atomic E-state index is 12.3. The Morgan fingerprint density at radius 3 is 2.77 bits per heavy atom. The van der Waals surface area contributed by atoms with E-state index < -0.39 is 0 Å². The van der Waals surface area contributed by atoms with Crippen molar-refractivity contribution in [2.45, 2.75) is 40.2 Å². The molecule has 0 saturated heterocycles. The number of nitrogens with one attached hydrogen (secondary N) is 1. The molecule has 2 rings (SSSR count). The molecule has 1 aromatic heterocycles. The van der Waals surface area contributed by atoms with E-state index in [0.717, 1.165) is 17.5 Å². The topological polar surface area (TPSA) is 64.0 Å². The minimum Gasteiger partial charge on any atom is -0.356 e. The Kier molecular flexibility index (Phi) is 5.31. The van der Waals surface area contributed by atoms with Crippen LogP contribution in [-0.4, -0.2) is 22.0 Å². The summed E-state index contributed by atoms with van der Waals surface area (Å²) in [7, 11) is 0. The van der Waals surface area contributed by atoms with Gasteiger partial charge in [-0.1, -0.05) is 26.0 Å². The monoisotopic (exact) mass is 301 g/mol. The number of carbonyl (C=O) groups excluding carboxylic acids is 1. The van der Waals surface area contributed by atoms with Crippen LogP contribution in [0, 0.1) is 12.8 Å². The van der Waals surface area contributed by atoms with Crippen molar-refractivity contribution in [3.63, 3.8) is 0 Å². The molecule has 1 heterocycles. The van der Waals surface area contributed by atoms with Gasteiger partial charge < -0.3 is 9.88 Å². The quantitative estimate of drug-likeness (QED) is 0.890. The average Bonchev–Trinajstić information content (AvgIpc) is 2.47. The van der Waals surface area contributed by atoms with Gasteiger partial charge in [-0.3, -0.25) is 9.59 Å². The third kappa shape index (κ3) is 3.93. The van der Waals surface area contributed by atoms with Gasteiger partial charge >= 0.3 is 0 Å². The highest BCUT2D eigenvalue weighted by Gasteiger charge is 2.09. The Morgan fingerprint density at radius 2 is 2.05 bits per heavy atom. The molecule has 0 saturated carbocycles. The number of nitrogens with zero attached hydrogens (tertiary/aromatic N) is 2. The summed E-state index contributed by atoms with van der Waals surface area (Å²) in [5.41, 5.74) is 1.88. The Balaban J connectivity index is 2.10. The number of hydrogen-bond donors (Lipinski definition) is 1. The van der Waals surface area contributed by atoms with Gasteiger partial charge in [-0.15, -0.1) is 0 Å². The molecule has 1 aromatic carbocycles. The first-order valence-corrected chi connectivity index (χ1v) is 7.72. The molecule has 0 aliphatic carbocycles. The molecule has 0 spiro atoms. The van der Waals surface area contributed by atoms with E-state index in [1.807, 2.05) is 24.3 Å². The second-order valence-corrected chi connectivity index (χ2v) is 5.93. The first-order chi connectivity index (χ1) is 10.5. The SMILES string of the molecule is Cc1nc2ccccc2n(CCC(=O)NCCC(C)C)c1=O. The third-order valence-corrected chi connectivity index (χ3v) is 3.62. The van der Waals surface area contributed by atoms with Crippen LogP contribution in [0.4, 0.5) is 0 Å². The predicted octanol–water partition coefficient (Wildman–Crippen LogP) is 2.26. The summed E-state index contributed by atoms with van der Waals surface area (Å²) in [4.78, 5) is 28.5. The van der Waals surface area contributed by atoms with E-state index in [1.165, 1.54) is 0 Å². The average molecular weight is 301 g/mol. The fraction of sp³-hybridized carbons (Fsp3) is 0.471. The number of rotatable bonds is 6. The lowest BCUT2D eigenvalue weighted by atomic mass is 10.1. The van der Waals surface area contributed by atoms with Crippen molar-refractivity contribution in [1.82, 2.24) is 14.9 Å². The van der Waals surface area contributed by atoms with Crippen molar-refractivity contribution in [1.29, 1.82) is 0 Å². The van der Waals surface area contributed by atoms with Crippen molar-refractivity contribution < 1.29 is 4.79 Å². The summed E-state index contributed by atoms with van der Waals surface area (Å²) < 4.78 is 1.64. The molecule has 5 nitrogen and oxygen atoms in total. The van der Waals surface area contributed by atoms with Crippen LogP contribution in [0.25, 0.3) is 11.0 Å². The highest BCUT2D eigenvalue weighted by Crippen LogP contribution is 2.10. The van der Waals surface area contributed by atoms with Gasteiger partial charge in [0.25, 0.3) is 5.56 Å². The molecule has 5 heteroatoms. The van der Waals surface area contributed by atoms with Gasteiger partial charge in [-0.2, -0.15) is 0 Å². The van der Waals surface area contributed by atoms with Crippen molar-refractivity contribution in [3.8, 4) is 0 Å². The number of aromatic nitrogens is 2. The summed E-state index contributed by atoms with van der Waals surface area (Å²) in [6.45, 7) is 7.00. The molecular weight excluding hydrogens is 278 g/mol. The van der Waals surface area contributed by atoms with Gasteiger partial charge in [-0.25, -0.2) is 4.98 Å². The molecule has 0 bridgehead atoms. The Morgan fingerprint density at radius 1 is 1.32 bits per heavy atom. The zero-order valence-electron chi connectivity index (χ0n) is 13.4. The van der Waals surface area contributed by atoms with Crippen LogP contribution in [-0.2, 0) is 11.3 Å². The molecule has 118 valence electrons. The lowest BCUT2D eigenvalue weighted by Crippen LogP contribution is -2.29. The zero-order chi connectivity index (χ0) is 16.1. The van der Waals surface area contributed by atoms with Crippen LogP contribution >= 0.6 is 0 Å². The second-order valence-electron chi connectivity index (χ2n) is 5.93. The number of carbonyl (C=O) groups is 1. The fourth-order valence-electron chi connectivity index (χ4n) is 2.34. The Labute approximate surface area is 130 Å². The van der Waals surface area contributed by atoms with Crippen molar-refractivity contribution in [3.05, 3.63) is 40.3 Å². The van der Waals surface area contributed by atoms with Crippen LogP contribution in [0.5, 0.6) is 0 Å². The molecular formula is C17H23N3O2. The van der Waals surface area contributed by atoms with Crippen molar-refractivity contribution in [2.75, 3.05) is 6.54 Å². The van der Waals surface area contributed by atoms with Gasteiger partial charge in [0.2, 0.25) is 5.91 Å². The highest BCUT2D eigenvalue weighted by atomic mass is 16.1. The number of fused-ring (bicyclic) bond motifs is 1. The minimum atomic E-state index is -0.131. The van der Waals surface area contributed by atoms with E-state index in [4.69, 9.17) is 0 Å². The first-order valence-electron chi connectivity index (χ1n) is 7.72. The number of hydrogen-bond acceptors (Lipinski definition) is 3. The number of aryl methyl sites for hydroxylation is 2. The lowest BCUT2D eigenvalue weighted by molar-refractivity contribution is -0.121. The Hall–Kier alpha value is -2.17. The van der Waals surface area contributed by atoms with Gasteiger partial charge in [0.15, 0.2) is 0 Å². The molecule has 0 fully saturated rings. The standard InChI is InChI=1S/C17H23N3O2/c1-12(2)8-10-18-16(21)9-11-20-15-7-5-4-6-14(15)19-13(3)17(20)22/h4-7,12H,8-11H2,1-3H3,(H,18,21). The van der Waals surface area contributed by atoms with E-state index in [-0.39, 0.29) is 11.5 Å². The molecule has 0 unspecified atom stereocenters. The maximum Gasteiger partial charge on any atom is 0.272 e. The number of benzene rings is 1. The van der Waals surface area contributed by atoms with Crippen LogP contribution in [0.3, 0.4) is 0 Å². The second kappa shape index (κ2) is 7.20. The molecule has 1 N–H and O–H groups in total. The summed E-state index contributed by atoms with van der Waals surface area (Å²) in [6, 6.07) is 7.50. The van der Waals surface area contributed by atoms with Gasteiger partial charge in [0.1, 0.15) is 5.69 Å². The summed E-state index contributed by atoms with van der Waals surface area (Å²) in [6.07, 6.45) is 1.26. The fourth-order valence-corrected chi connectivity index (χ4v) is 2.34. The summed E-state index contributed by atoms with van der Waals surface area (Å²) in [5, 5.41) is 2.90. The number of amides is 1. The normalized spacial score (nSPS) is 11.1. The van der Waals surface area contributed by atoms with E-state index in [9.17, 15) is 9.59 Å². The Bertz CT molecular complexity index is 719. The minimum absolute atomic E-state index is 0.0221. The van der Waals surface area contributed by atoms with E-state index in [1.54, 1.807) is 11.5 Å². The first kappa shape index (κ1) is 16.2. The van der Waals surface area contributed by atoms with E-state index in [0.29, 0.717) is 31.1 Å². The zero-order valence-corrected chi connectivity index (χ0v) is 13.4. The third-order valence-electron chi connectivity index (χ3n) is 3.62. The molecule has 1 amide bonds. The van der Waals surface area contributed by atoms with Gasteiger partial charge in [0.05, 0.1) is 11.0 Å². The molecule has 0 aliphatic heterocycles. The van der Waals surface area contributed by atoms with Crippen LogP contribution in [0.2, 0.25) is 0 Å². The van der Waals surface area contributed by atoms with Crippen LogP contribution in [0.1, 0.15) is 32.4 Å². The van der Waals surface area contributed by atoms with Crippen LogP contribution < -0.4 is 10.9 Å². The van der Waals surface area contributed by atoms with Crippen LogP contribution in [0.15, 0.2) is 29.1 Å².